The third-order valence-electron chi connectivity index (χ3n) is 4.34. The van der Waals surface area contributed by atoms with Crippen molar-refractivity contribution in [2.75, 3.05) is 19.7 Å². The minimum absolute atomic E-state index is 0.204. The van der Waals surface area contributed by atoms with E-state index < -0.39 is 6.10 Å². The topological polar surface area (TPSA) is 70.6 Å². The van der Waals surface area contributed by atoms with Gasteiger partial charge in [0.1, 0.15) is 5.75 Å². The van der Waals surface area contributed by atoms with Crippen LogP contribution in [0.3, 0.4) is 0 Å². The van der Waals surface area contributed by atoms with E-state index in [4.69, 9.17) is 4.74 Å². The van der Waals surface area contributed by atoms with Gasteiger partial charge in [0, 0.05) is 19.5 Å². The maximum atomic E-state index is 11.8. The second kappa shape index (κ2) is 8.53. The average molecular weight is 340 g/mol. The Kier molecular flexibility index (Phi) is 5.90. The molecule has 0 bridgehead atoms. The molecule has 132 valence electrons. The van der Waals surface area contributed by atoms with E-state index in [2.05, 4.69) is 16.7 Å². The molecular weight excluding hydrogens is 316 g/mol. The first-order chi connectivity index (χ1) is 12.2. The highest BCUT2D eigenvalue weighted by molar-refractivity contribution is 5.73. The number of benzene rings is 2. The molecule has 1 aliphatic rings. The zero-order chi connectivity index (χ0) is 17.5. The molecule has 0 spiro atoms. The molecule has 0 saturated carbocycles. The number of nitrogens with one attached hydrogen (secondary N) is 2. The van der Waals surface area contributed by atoms with Crippen LogP contribution in [0.5, 0.6) is 5.75 Å². The fourth-order valence-corrected chi connectivity index (χ4v) is 2.94. The largest absolute Gasteiger partial charge is 0.493 e. The van der Waals surface area contributed by atoms with Crippen LogP contribution >= 0.6 is 0 Å². The molecular formula is C20H24N2O3. The lowest BCUT2D eigenvalue weighted by Gasteiger charge is -2.12. The fourth-order valence-electron chi connectivity index (χ4n) is 2.94. The van der Waals surface area contributed by atoms with Crippen molar-refractivity contribution in [3.63, 3.8) is 0 Å². The van der Waals surface area contributed by atoms with Gasteiger partial charge in [-0.25, -0.2) is 4.79 Å². The molecule has 0 fully saturated rings. The molecule has 0 aromatic heterocycles. The van der Waals surface area contributed by atoms with E-state index >= 15 is 0 Å². The van der Waals surface area contributed by atoms with Crippen LogP contribution in [-0.4, -0.2) is 30.8 Å². The summed E-state index contributed by atoms with van der Waals surface area (Å²) in [6, 6.07) is 15.5. The Morgan fingerprint density at radius 2 is 1.92 bits per heavy atom. The van der Waals surface area contributed by atoms with Gasteiger partial charge < -0.3 is 20.5 Å². The van der Waals surface area contributed by atoms with Crippen molar-refractivity contribution in [2.45, 2.75) is 25.4 Å². The van der Waals surface area contributed by atoms with Gasteiger partial charge in [-0.15, -0.1) is 0 Å². The second-order valence-corrected chi connectivity index (χ2v) is 6.19. The van der Waals surface area contributed by atoms with Crippen molar-refractivity contribution >= 4 is 6.03 Å². The number of urea groups is 1. The molecule has 1 atom stereocenters. The molecule has 2 amide bonds. The van der Waals surface area contributed by atoms with E-state index in [0.29, 0.717) is 19.5 Å². The number of aliphatic hydroxyl groups excluding tert-OH is 1. The van der Waals surface area contributed by atoms with Gasteiger partial charge in [0.05, 0.1) is 12.7 Å². The van der Waals surface area contributed by atoms with Crippen LogP contribution in [0.15, 0.2) is 48.5 Å². The standard InChI is InChI=1S/C20H24N2O3/c23-18(16-4-2-1-3-5-16)9-12-22-20(24)21-11-8-15-6-7-19-17(14-15)10-13-25-19/h1-7,14,18,23H,8-13H2,(H2,21,22,24). The van der Waals surface area contributed by atoms with Crippen molar-refractivity contribution in [3.05, 3.63) is 65.2 Å². The molecule has 0 saturated heterocycles. The monoisotopic (exact) mass is 340 g/mol. The molecule has 25 heavy (non-hydrogen) atoms. The first kappa shape index (κ1) is 17.3. The Morgan fingerprint density at radius 3 is 2.76 bits per heavy atom. The number of ether oxygens (including phenoxy) is 1. The predicted molar refractivity (Wildman–Crippen MR) is 96.8 cm³/mol. The number of fused-ring (bicyclic) bond motifs is 1. The number of carbonyl (C=O) groups is 1. The highest BCUT2D eigenvalue weighted by atomic mass is 16.5. The zero-order valence-corrected chi connectivity index (χ0v) is 14.2. The molecule has 0 aliphatic carbocycles. The van der Waals surface area contributed by atoms with Crippen molar-refractivity contribution < 1.29 is 14.6 Å². The Balaban J connectivity index is 1.33. The molecule has 3 rings (SSSR count). The molecule has 0 radical (unpaired) electrons. The predicted octanol–water partition coefficient (Wildman–Crippen LogP) is 2.59. The number of aliphatic hydroxyl groups is 1. The molecule has 5 heteroatoms. The van der Waals surface area contributed by atoms with E-state index in [1.54, 1.807) is 0 Å². The summed E-state index contributed by atoms with van der Waals surface area (Å²) in [6.45, 7) is 1.76. The minimum atomic E-state index is -0.560. The lowest BCUT2D eigenvalue weighted by molar-refractivity contribution is 0.167. The van der Waals surface area contributed by atoms with Crippen LogP contribution in [0.1, 0.15) is 29.2 Å². The van der Waals surface area contributed by atoms with Crippen LogP contribution in [0, 0.1) is 0 Å². The quantitative estimate of drug-likeness (QED) is 0.725. The first-order valence-corrected chi connectivity index (χ1v) is 8.71. The summed E-state index contributed by atoms with van der Waals surface area (Å²) in [5, 5.41) is 15.7. The normalized spacial score (nSPS) is 13.6. The third-order valence-corrected chi connectivity index (χ3v) is 4.34. The van der Waals surface area contributed by atoms with Crippen molar-refractivity contribution in [2.24, 2.45) is 0 Å². The van der Waals surface area contributed by atoms with Gasteiger partial charge in [-0.05, 0) is 35.6 Å². The summed E-state index contributed by atoms with van der Waals surface area (Å²) >= 11 is 0. The SMILES string of the molecule is O=C(NCCc1ccc2c(c1)CCO2)NCCC(O)c1ccccc1. The number of rotatable bonds is 7. The summed E-state index contributed by atoms with van der Waals surface area (Å²) in [7, 11) is 0. The van der Waals surface area contributed by atoms with Gasteiger partial charge in [0.15, 0.2) is 0 Å². The smallest absolute Gasteiger partial charge is 0.314 e. The fraction of sp³-hybridized carbons (Fsp3) is 0.350. The number of hydrogen-bond donors (Lipinski definition) is 3. The van der Waals surface area contributed by atoms with Gasteiger partial charge >= 0.3 is 6.03 Å². The minimum Gasteiger partial charge on any atom is -0.493 e. The van der Waals surface area contributed by atoms with Gasteiger partial charge in [0.2, 0.25) is 0 Å². The Morgan fingerprint density at radius 1 is 1.12 bits per heavy atom. The Labute approximate surface area is 148 Å². The van der Waals surface area contributed by atoms with E-state index in [0.717, 1.165) is 30.8 Å². The number of carbonyl (C=O) groups excluding carboxylic acids is 1. The molecule has 5 nitrogen and oxygen atoms in total. The maximum Gasteiger partial charge on any atom is 0.314 e. The van der Waals surface area contributed by atoms with Crippen LogP contribution in [0.2, 0.25) is 0 Å². The van der Waals surface area contributed by atoms with Crippen LogP contribution in [0.4, 0.5) is 4.79 Å². The van der Waals surface area contributed by atoms with Gasteiger partial charge in [-0.1, -0.05) is 42.5 Å². The van der Waals surface area contributed by atoms with Crippen LogP contribution < -0.4 is 15.4 Å². The molecule has 1 aliphatic heterocycles. The van der Waals surface area contributed by atoms with Crippen molar-refractivity contribution in [1.29, 1.82) is 0 Å². The summed E-state index contributed by atoms with van der Waals surface area (Å²) in [5.41, 5.74) is 3.31. The maximum absolute atomic E-state index is 11.8. The average Bonchev–Trinajstić information content (AvgIpc) is 3.10. The lowest BCUT2D eigenvalue weighted by Crippen LogP contribution is -2.37. The Bertz CT molecular complexity index is 703. The molecule has 3 N–H and O–H groups in total. The Hall–Kier alpha value is -2.53. The molecule has 1 unspecified atom stereocenters. The van der Waals surface area contributed by atoms with Gasteiger partial charge in [0.25, 0.3) is 0 Å². The highest BCUT2D eigenvalue weighted by Gasteiger charge is 2.12. The highest BCUT2D eigenvalue weighted by Crippen LogP contribution is 2.25. The van der Waals surface area contributed by atoms with Crippen molar-refractivity contribution in [1.82, 2.24) is 10.6 Å². The third kappa shape index (κ3) is 4.97. The summed E-state index contributed by atoms with van der Waals surface area (Å²) in [6.07, 6.45) is 1.67. The zero-order valence-electron chi connectivity index (χ0n) is 14.2. The summed E-state index contributed by atoms with van der Waals surface area (Å²) in [5.74, 6) is 0.978. The van der Waals surface area contributed by atoms with E-state index in [1.807, 2.05) is 42.5 Å². The van der Waals surface area contributed by atoms with Gasteiger partial charge in [-0.3, -0.25) is 0 Å². The lowest BCUT2D eigenvalue weighted by atomic mass is 10.1. The van der Waals surface area contributed by atoms with Crippen LogP contribution in [0.25, 0.3) is 0 Å². The van der Waals surface area contributed by atoms with E-state index in [-0.39, 0.29) is 6.03 Å². The summed E-state index contributed by atoms with van der Waals surface area (Å²) in [4.78, 5) is 11.8. The number of amides is 2. The molecule has 2 aromatic carbocycles. The molecule has 1 heterocycles. The van der Waals surface area contributed by atoms with Gasteiger partial charge in [-0.2, -0.15) is 0 Å². The van der Waals surface area contributed by atoms with Crippen LogP contribution in [-0.2, 0) is 12.8 Å². The van der Waals surface area contributed by atoms with E-state index in [1.165, 1.54) is 11.1 Å². The van der Waals surface area contributed by atoms with E-state index in [9.17, 15) is 9.90 Å². The number of hydrogen-bond acceptors (Lipinski definition) is 3. The van der Waals surface area contributed by atoms with Crippen molar-refractivity contribution in [3.8, 4) is 5.75 Å². The summed E-state index contributed by atoms with van der Waals surface area (Å²) < 4.78 is 5.49. The molecule has 2 aromatic rings. The first-order valence-electron chi connectivity index (χ1n) is 8.71. The second-order valence-electron chi connectivity index (χ2n) is 6.19.